The second kappa shape index (κ2) is 5.37. The van der Waals surface area contributed by atoms with Crippen molar-refractivity contribution in [2.45, 2.75) is 44.0 Å². The summed E-state index contributed by atoms with van der Waals surface area (Å²) >= 11 is 3.96. The van der Waals surface area contributed by atoms with Crippen LogP contribution in [0.4, 0.5) is 0 Å². The van der Waals surface area contributed by atoms with Crippen molar-refractivity contribution in [1.82, 2.24) is 5.32 Å². The highest BCUT2D eigenvalue weighted by atomic mass is 32.2. The van der Waals surface area contributed by atoms with Gasteiger partial charge in [0.25, 0.3) is 0 Å². The molecule has 2 rings (SSSR count). The summed E-state index contributed by atoms with van der Waals surface area (Å²) in [6, 6.07) is 5.57. The average Bonchev–Trinajstić information content (AvgIpc) is 2.74. The van der Waals surface area contributed by atoms with E-state index in [1.165, 1.54) is 23.5 Å². The lowest BCUT2D eigenvalue weighted by atomic mass is 10.1. The molecule has 1 nitrogen and oxygen atoms in total. The van der Waals surface area contributed by atoms with Crippen molar-refractivity contribution in [2.75, 3.05) is 5.75 Å². The zero-order valence-electron chi connectivity index (χ0n) is 9.40. The standard InChI is InChI=1S/C12H19NS2/c1-9(12-6-4-8-15-12)13-11-5-3-7-14-10(11)2/h4,6,8-11,13H,3,5,7H2,1-2H3/t9-,10?,11?/m0/s1. The monoisotopic (exact) mass is 241 g/mol. The van der Waals surface area contributed by atoms with Crippen LogP contribution in [0.2, 0.25) is 0 Å². The molecule has 2 heterocycles. The van der Waals surface area contributed by atoms with Gasteiger partial charge in [-0.2, -0.15) is 11.8 Å². The normalized spacial score (nSPS) is 28.9. The minimum atomic E-state index is 0.510. The summed E-state index contributed by atoms with van der Waals surface area (Å²) in [7, 11) is 0. The Balaban J connectivity index is 1.90. The lowest BCUT2D eigenvalue weighted by Crippen LogP contribution is -2.40. The van der Waals surface area contributed by atoms with E-state index in [2.05, 4.69) is 48.4 Å². The van der Waals surface area contributed by atoms with Crippen LogP contribution in [0.25, 0.3) is 0 Å². The second-order valence-corrected chi connectivity index (χ2v) is 6.69. The van der Waals surface area contributed by atoms with E-state index in [1.807, 2.05) is 11.3 Å². The first-order valence-electron chi connectivity index (χ1n) is 5.68. The Bertz CT molecular complexity index is 284. The predicted octanol–water partition coefficient (Wildman–Crippen LogP) is 3.68. The summed E-state index contributed by atoms with van der Waals surface area (Å²) in [6.07, 6.45) is 2.70. The van der Waals surface area contributed by atoms with Crippen molar-refractivity contribution in [1.29, 1.82) is 0 Å². The number of nitrogens with one attached hydrogen (secondary N) is 1. The maximum Gasteiger partial charge on any atom is 0.0388 e. The van der Waals surface area contributed by atoms with Crippen LogP contribution in [0.5, 0.6) is 0 Å². The molecule has 15 heavy (non-hydrogen) atoms. The Morgan fingerprint density at radius 2 is 2.40 bits per heavy atom. The van der Waals surface area contributed by atoms with Gasteiger partial charge in [-0.15, -0.1) is 11.3 Å². The highest BCUT2D eigenvalue weighted by molar-refractivity contribution is 7.99. The third-order valence-corrected chi connectivity index (χ3v) is 5.47. The molecule has 2 unspecified atom stereocenters. The van der Waals surface area contributed by atoms with E-state index >= 15 is 0 Å². The van der Waals surface area contributed by atoms with Gasteiger partial charge in [0, 0.05) is 22.2 Å². The number of hydrogen-bond acceptors (Lipinski definition) is 3. The molecule has 1 aromatic rings. The van der Waals surface area contributed by atoms with Crippen LogP contribution in [0.3, 0.4) is 0 Å². The smallest absolute Gasteiger partial charge is 0.0388 e. The first-order chi connectivity index (χ1) is 7.27. The van der Waals surface area contributed by atoms with Crippen LogP contribution in [0, 0.1) is 0 Å². The molecular weight excluding hydrogens is 222 g/mol. The van der Waals surface area contributed by atoms with Crippen molar-refractivity contribution in [3.05, 3.63) is 22.4 Å². The number of hydrogen-bond donors (Lipinski definition) is 1. The molecule has 0 saturated carbocycles. The number of thioether (sulfide) groups is 1. The Kier molecular flexibility index (Phi) is 4.12. The van der Waals surface area contributed by atoms with Crippen molar-refractivity contribution < 1.29 is 0 Å². The van der Waals surface area contributed by atoms with Gasteiger partial charge in [0.2, 0.25) is 0 Å². The van der Waals surface area contributed by atoms with Gasteiger partial charge in [-0.05, 0) is 37.0 Å². The van der Waals surface area contributed by atoms with E-state index in [9.17, 15) is 0 Å². The molecule has 0 amide bonds. The van der Waals surface area contributed by atoms with E-state index in [1.54, 1.807) is 0 Å². The van der Waals surface area contributed by atoms with Gasteiger partial charge in [-0.1, -0.05) is 13.0 Å². The Hall–Kier alpha value is 0.01000. The Morgan fingerprint density at radius 3 is 3.07 bits per heavy atom. The third-order valence-electron chi connectivity index (χ3n) is 3.04. The predicted molar refractivity (Wildman–Crippen MR) is 70.8 cm³/mol. The topological polar surface area (TPSA) is 12.0 Å². The van der Waals surface area contributed by atoms with Gasteiger partial charge in [-0.25, -0.2) is 0 Å². The van der Waals surface area contributed by atoms with E-state index in [0.717, 1.165) is 5.25 Å². The number of thiophene rings is 1. The van der Waals surface area contributed by atoms with Gasteiger partial charge in [0.1, 0.15) is 0 Å². The fourth-order valence-electron chi connectivity index (χ4n) is 2.08. The zero-order valence-corrected chi connectivity index (χ0v) is 11.0. The summed E-state index contributed by atoms with van der Waals surface area (Å²) in [5.74, 6) is 1.34. The summed E-state index contributed by atoms with van der Waals surface area (Å²) in [5, 5.41) is 6.68. The quantitative estimate of drug-likeness (QED) is 0.866. The third kappa shape index (κ3) is 2.99. The average molecular weight is 241 g/mol. The molecule has 0 bridgehead atoms. The maximum absolute atomic E-state index is 3.76. The van der Waals surface area contributed by atoms with Gasteiger partial charge in [0.05, 0.1) is 0 Å². The highest BCUT2D eigenvalue weighted by Crippen LogP contribution is 2.28. The minimum Gasteiger partial charge on any atom is -0.306 e. The molecule has 1 aromatic heterocycles. The minimum absolute atomic E-state index is 0.510. The van der Waals surface area contributed by atoms with E-state index < -0.39 is 0 Å². The summed E-state index contributed by atoms with van der Waals surface area (Å²) in [5.41, 5.74) is 0. The van der Waals surface area contributed by atoms with E-state index in [0.29, 0.717) is 12.1 Å². The molecule has 1 fully saturated rings. The molecule has 1 aliphatic rings. The molecule has 0 aliphatic carbocycles. The largest absolute Gasteiger partial charge is 0.306 e. The molecule has 1 N–H and O–H groups in total. The lowest BCUT2D eigenvalue weighted by molar-refractivity contribution is 0.420. The maximum atomic E-state index is 3.76. The fraction of sp³-hybridized carbons (Fsp3) is 0.667. The van der Waals surface area contributed by atoms with Gasteiger partial charge >= 0.3 is 0 Å². The summed E-state index contributed by atoms with van der Waals surface area (Å²) in [6.45, 7) is 4.63. The molecule has 1 aliphatic heterocycles. The summed E-state index contributed by atoms with van der Waals surface area (Å²) < 4.78 is 0. The first-order valence-corrected chi connectivity index (χ1v) is 7.61. The molecule has 0 aromatic carbocycles. The van der Waals surface area contributed by atoms with Gasteiger partial charge < -0.3 is 5.32 Å². The van der Waals surface area contributed by atoms with Crippen LogP contribution < -0.4 is 5.32 Å². The molecule has 84 valence electrons. The Labute approximate surface area is 101 Å². The number of rotatable bonds is 3. The van der Waals surface area contributed by atoms with Crippen molar-refractivity contribution in [3.8, 4) is 0 Å². The van der Waals surface area contributed by atoms with Crippen LogP contribution in [-0.4, -0.2) is 17.0 Å². The van der Waals surface area contributed by atoms with Gasteiger partial charge in [0.15, 0.2) is 0 Å². The van der Waals surface area contributed by atoms with Crippen LogP contribution in [0.15, 0.2) is 17.5 Å². The molecule has 3 heteroatoms. The second-order valence-electron chi connectivity index (χ2n) is 4.23. The van der Waals surface area contributed by atoms with Crippen molar-refractivity contribution in [3.63, 3.8) is 0 Å². The van der Waals surface area contributed by atoms with Crippen molar-refractivity contribution in [2.24, 2.45) is 0 Å². The van der Waals surface area contributed by atoms with Gasteiger partial charge in [-0.3, -0.25) is 0 Å². The fourth-order valence-corrected chi connectivity index (χ4v) is 3.98. The lowest BCUT2D eigenvalue weighted by Gasteiger charge is -2.31. The molecule has 0 spiro atoms. The highest BCUT2D eigenvalue weighted by Gasteiger charge is 2.23. The SMILES string of the molecule is CC1SCCCC1N[C@@H](C)c1cccs1. The molecular formula is C12H19NS2. The molecule has 1 saturated heterocycles. The molecule has 3 atom stereocenters. The summed E-state index contributed by atoms with van der Waals surface area (Å²) in [4.78, 5) is 1.46. The van der Waals surface area contributed by atoms with E-state index in [4.69, 9.17) is 0 Å². The van der Waals surface area contributed by atoms with Crippen molar-refractivity contribution >= 4 is 23.1 Å². The van der Waals surface area contributed by atoms with Crippen LogP contribution in [0.1, 0.15) is 37.6 Å². The zero-order chi connectivity index (χ0) is 10.7. The first kappa shape index (κ1) is 11.5. The van der Waals surface area contributed by atoms with Crippen LogP contribution in [-0.2, 0) is 0 Å². The van der Waals surface area contributed by atoms with E-state index in [-0.39, 0.29) is 0 Å². The Morgan fingerprint density at radius 1 is 1.53 bits per heavy atom. The molecule has 0 radical (unpaired) electrons. The van der Waals surface area contributed by atoms with Crippen LogP contribution >= 0.6 is 23.1 Å².